The highest BCUT2D eigenvalue weighted by Gasteiger charge is 2.06. The zero-order chi connectivity index (χ0) is 11.3. The van der Waals surface area contributed by atoms with Crippen molar-refractivity contribution in [2.24, 2.45) is 5.92 Å². The standard InChI is InChI=1S/C13H22N2/c1-4-9-15(10-11(2)3)13-7-5-12(14)6-8-13/h5-8,11H,4,9-10,14H2,1-3H3. The lowest BCUT2D eigenvalue weighted by Crippen LogP contribution is -2.28. The van der Waals surface area contributed by atoms with E-state index in [4.69, 9.17) is 5.73 Å². The van der Waals surface area contributed by atoms with Crippen LogP contribution in [0.2, 0.25) is 0 Å². The van der Waals surface area contributed by atoms with E-state index in [1.807, 2.05) is 12.1 Å². The molecule has 0 aliphatic rings. The Balaban J connectivity index is 2.74. The van der Waals surface area contributed by atoms with Crippen molar-refractivity contribution in [2.45, 2.75) is 27.2 Å². The van der Waals surface area contributed by atoms with Crippen molar-refractivity contribution in [1.82, 2.24) is 0 Å². The van der Waals surface area contributed by atoms with Crippen LogP contribution in [-0.4, -0.2) is 13.1 Å². The molecule has 0 unspecified atom stereocenters. The van der Waals surface area contributed by atoms with Crippen LogP contribution in [0.5, 0.6) is 0 Å². The molecule has 0 amide bonds. The topological polar surface area (TPSA) is 29.3 Å². The smallest absolute Gasteiger partial charge is 0.0367 e. The minimum atomic E-state index is 0.689. The van der Waals surface area contributed by atoms with Crippen LogP contribution < -0.4 is 10.6 Å². The van der Waals surface area contributed by atoms with E-state index >= 15 is 0 Å². The van der Waals surface area contributed by atoms with Crippen molar-refractivity contribution in [3.8, 4) is 0 Å². The lowest BCUT2D eigenvalue weighted by molar-refractivity contribution is 0.606. The normalized spacial score (nSPS) is 10.7. The maximum atomic E-state index is 5.68. The van der Waals surface area contributed by atoms with Crippen molar-refractivity contribution >= 4 is 11.4 Å². The Hall–Kier alpha value is -1.18. The Morgan fingerprint density at radius 1 is 1.20 bits per heavy atom. The van der Waals surface area contributed by atoms with Gasteiger partial charge in [-0.05, 0) is 36.6 Å². The van der Waals surface area contributed by atoms with Gasteiger partial charge in [0.15, 0.2) is 0 Å². The number of nitrogen functional groups attached to an aromatic ring is 1. The molecular weight excluding hydrogens is 184 g/mol. The predicted molar refractivity (Wildman–Crippen MR) is 68.2 cm³/mol. The molecule has 84 valence electrons. The number of nitrogens with two attached hydrogens (primary N) is 1. The van der Waals surface area contributed by atoms with Crippen molar-refractivity contribution in [3.05, 3.63) is 24.3 Å². The largest absolute Gasteiger partial charge is 0.399 e. The first-order chi connectivity index (χ1) is 7.13. The average molecular weight is 206 g/mol. The van der Waals surface area contributed by atoms with Crippen molar-refractivity contribution in [2.75, 3.05) is 23.7 Å². The van der Waals surface area contributed by atoms with Crippen molar-refractivity contribution < 1.29 is 0 Å². The molecule has 0 atom stereocenters. The maximum absolute atomic E-state index is 5.68. The number of nitrogens with zero attached hydrogens (tertiary/aromatic N) is 1. The third-order valence-corrected chi connectivity index (χ3v) is 2.34. The lowest BCUT2D eigenvalue weighted by Gasteiger charge is -2.26. The Labute approximate surface area is 93.1 Å². The van der Waals surface area contributed by atoms with Gasteiger partial charge in [-0.25, -0.2) is 0 Å². The van der Waals surface area contributed by atoms with Crippen LogP contribution >= 0.6 is 0 Å². The monoisotopic (exact) mass is 206 g/mol. The lowest BCUT2D eigenvalue weighted by atomic mass is 10.1. The van der Waals surface area contributed by atoms with Crippen LogP contribution in [0.25, 0.3) is 0 Å². The number of anilines is 2. The Morgan fingerprint density at radius 2 is 1.80 bits per heavy atom. The molecule has 0 heterocycles. The molecule has 15 heavy (non-hydrogen) atoms. The molecule has 1 rings (SSSR count). The number of benzene rings is 1. The molecule has 0 spiro atoms. The zero-order valence-electron chi connectivity index (χ0n) is 10.0. The molecule has 0 fully saturated rings. The van der Waals surface area contributed by atoms with Crippen LogP contribution in [0, 0.1) is 5.92 Å². The van der Waals surface area contributed by atoms with Crippen LogP contribution in [-0.2, 0) is 0 Å². The van der Waals surface area contributed by atoms with Crippen molar-refractivity contribution in [3.63, 3.8) is 0 Å². The SMILES string of the molecule is CCCN(CC(C)C)c1ccc(N)cc1. The van der Waals surface area contributed by atoms with E-state index in [9.17, 15) is 0 Å². The van der Waals surface area contributed by atoms with Gasteiger partial charge < -0.3 is 10.6 Å². The van der Waals surface area contributed by atoms with Gasteiger partial charge in [0, 0.05) is 24.5 Å². The number of rotatable bonds is 5. The van der Waals surface area contributed by atoms with Gasteiger partial charge in [0.1, 0.15) is 0 Å². The molecule has 0 aliphatic carbocycles. The first kappa shape index (κ1) is 11.9. The van der Waals surface area contributed by atoms with Crippen LogP contribution in [0.4, 0.5) is 11.4 Å². The Kier molecular flexibility index (Phi) is 4.47. The van der Waals surface area contributed by atoms with E-state index in [0.29, 0.717) is 5.92 Å². The third-order valence-electron chi connectivity index (χ3n) is 2.34. The minimum Gasteiger partial charge on any atom is -0.399 e. The van der Waals surface area contributed by atoms with Gasteiger partial charge in [-0.15, -0.1) is 0 Å². The van der Waals surface area contributed by atoms with Gasteiger partial charge in [0.05, 0.1) is 0 Å². The van der Waals surface area contributed by atoms with E-state index in [1.165, 1.54) is 12.1 Å². The quantitative estimate of drug-likeness (QED) is 0.750. The average Bonchev–Trinajstić information content (AvgIpc) is 2.17. The summed E-state index contributed by atoms with van der Waals surface area (Å²) < 4.78 is 0. The molecule has 0 radical (unpaired) electrons. The number of hydrogen-bond acceptors (Lipinski definition) is 2. The van der Waals surface area contributed by atoms with E-state index in [2.05, 4.69) is 37.8 Å². The van der Waals surface area contributed by atoms with Gasteiger partial charge in [0.2, 0.25) is 0 Å². The first-order valence-corrected chi connectivity index (χ1v) is 5.74. The summed E-state index contributed by atoms with van der Waals surface area (Å²) >= 11 is 0. The molecule has 2 N–H and O–H groups in total. The first-order valence-electron chi connectivity index (χ1n) is 5.74. The fraction of sp³-hybridized carbons (Fsp3) is 0.538. The summed E-state index contributed by atoms with van der Waals surface area (Å²) in [6.45, 7) is 8.93. The fourth-order valence-electron chi connectivity index (χ4n) is 1.72. The molecule has 0 aromatic heterocycles. The van der Waals surface area contributed by atoms with Gasteiger partial charge in [0.25, 0.3) is 0 Å². The molecule has 0 aliphatic heterocycles. The summed E-state index contributed by atoms with van der Waals surface area (Å²) in [6, 6.07) is 8.15. The molecule has 1 aromatic carbocycles. The van der Waals surface area contributed by atoms with Crippen LogP contribution in [0.1, 0.15) is 27.2 Å². The van der Waals surface area contributed by atoms with Crippen LogP contribution in [0.3, 0.4) is 0 Å². The summed E-state index contributed by atoms with van der Waals surface area (Å²) in [5, 5.41) is 0. The second-order valence-corrected chi connectivity index (χ2v) is 4.43. The summed E-state index contributed by atoms with van der Waals surface area (Å²) in [4.78, 5) is 2.42. The summed E-state index contributed by atoms with van der Waals surface area (Å²) in [7, 11) is 0. The summed E-state index contributed by atoms with van der Waals surface area (Å²) in [6.07, 6.45) is 1.18. The molecular formula is C13H22N2. The summed E-state index contributed by atoms with van der Waals surface area (Å²) in [5.41, 5.74) is 7.79. The highest BCUT2D eigenvalue weighted by atomic mass is 15.1. The molecule has 1 aromatic rings. The third kappa shape index (κ3) is 3.82. The minimum absolute atomic E-state index is 0.689. The highest BCUT2D eigenvalue weighted by molar-refractivity contribution is 5.53. The summed E-state index contributed by atoms with van der Waals surface area (Å²) in [5.74, 6) is 0.689. The maximum Gasteiger partial charge on any atom is 0.0367 e. The second-order valence-electron chi connectivity index (χ2n) is 4.43. The molecule has 2 heteroatoms. The number of hydrogen-bond donors (Lipinski definition) is 1. The van der Waals surface area contributed by atoms with E-state index in [1.54, 1.807) is 0 Å². The van der Waals surface area contributed by atoms with E-state index < -0.39 is 0 Å². The van der Waals surface area contributed by atoms with E-state index in [-0.39, 0.29) is 0 Å². The highest BCUT2D eigenvalue weighted by Crippen LogP contribution is 2.17. The Bertz CT molecular complexity index is 277. The van der Waals surface area contributed by atoms with Gasteiger partial charge in [-0.1, -0.05) is 20.8 Å². The van der Waals surface area contributed by atoms with E-state index in [0.717, 1.165) is 18.8 Å². The molecule has 0 bridgehead atoms. The zero-order valence-corrected chi connectivity index (χ0v) is 10.0. The van der Waals surface area contributed by atoms with Crippen LogP contribution in [0.15, 0.2) is 24.3 Å². The van der Waals surface area contributed by atoms with Gasteiger partial charge in [-0.2, -0.15) is 0 Å². The predicted octanol–water partition coefficient (Wildman–Crippen LogP) is 3.14. The molecule has 0 saturated heterocycles. The second kappa shape index (κ2) is 5.64. The van der Waals surface area contributed by atoms with Gasteiger partial charge >= 0.3 is 0 Å². The Morgan fingerprint density at radius 3 is 2.27 bits per heavy atom. The van der Waals surface area contributed by atoms with Crippen molar-refractivity contribution in [1.29, 1.82) is 0 Å². The fourth-order valence-corrected chi connectivity index (χ4v) is 1.72. The molecule has 0 saturated carbocycles. The molecule has 2 nitrogen and oxygen atoms in total. The van der Waals surface area contributed by atoms with Gasteiger partial charge in [-0.3, -0.25) is 0 Å².